The molecule has 21 heavy (non-hydrogen) atoms. The second-order valence-corrected chi connectivity index (χ2v) is 8.54. The molecule has 3 heteroatoms. The highest BCUT2D eigenvalue weighted by molar-refractivity contribution is 5.31. The molecule has 1 aromatic heterocycles. The summed E-state index contributed by atoms with van der Waals surface area (Å²) in [6.45, 7) is 2.43. The zero-order chi connectivity index (χ0) is 14.0. The fourth-order valence-corrected chi connectivity index (χ4v) is 6.13. The standard InChI is InChI=1S/C18H27N3/c1-12(20-17-19-4-5-21(17)16-2-3-16)18-9-13-6-14(10-18)8-15(7-13)11-18/h4-5,12-16H,2-3,6-11H2,1H3,(H,19,20). The highest BCUT2D eigenvalue weighted by Gasteiger charge is 2.53. The molecule has 0 spiro atoms. The maximum absolute atomic E-state index is 4.60. The van der Waals surface area contributed by atoms with E-state index in [1.807, 2.05) is 6.20 Å². The Kier molecular flexibility index (Phi) is 2.55. The number of anilines is 1. The highest BCUT2D eigenvalue weighted by atomic mass is 15.2. The van der Waals surface area contributed by atoms with Crippen LogP contribution >= 0.6 is 0 Å². The largest absolute Gasteiger partial charge is 0.353 e. The van der Waals surface area contributed by atoms with Crippen LogP contribution in [0.2, 0.25) is 0 Å². The Balaban J connectivity index is 1.38. The van der Waals surface area contributed by atoms with Gasteiger partial charge in [-0.05, 0) is 81.5 Å². The number of nitrogens with zero attached hydrogens (tertiary/aromatic N) is 2. The predicted octanol–water partition coefficient (Wildman–Crippen LogP) is 4.23. The van der Waals surface area contributed by atoms with Crippen molar-refractivity contribution < 1.29 is 0 Å². The molecule has 3 nitrogen and oxygen atoms in total. The molecule has 5 aliphatic carbocycles. The van der Waals surface area contributed by atoms with Crippen molar-refractivity contribution in [1.29, 1.82) is 0 Å². The minimum atomic E-state index is 0.565. The van der Waals surface area contributed by atoms with E-state index < -0.39 is 0 Å². The van der Waals surface area contributed by atoms with Crippen molar-refractivity contribution in [2.75, 3.05) is 5.32 Å². The lowest BCUT2D eigenvalue weighted by molar-refractivity contribution is -0.0604. The van der Waals surface area contributed by atoms with Crippen LogP contribution in [0.25, 0.3) is 0 Å². The van der Waals surface area contributed by atoms with Gasteiger partial charge in [0, 0.05) is 24.5 Å². The lowest BCUT2D eigenvalue weighted by Gasteiger charge is -2.59. The quantitative estimate of drug-likeness (QED) is 0.897. The van der Waals surface area contributed by atoms with E-state index in [1.54, 1.807) is 0 Å². The molecule has 6 rings (SSSR count). The first kappa shape index (κ1) is 12.5. The van der Waals surface area contributed by atoms with E-state index in [1.165, 1.54) is 51.4 Å². The van der Waals surface area contributed by atoms with Crippen molar-refractivity contribution in [2.24, 2.45) is 23.2 Å². The molecule has 5 aliphatic rings. The molecule has 0 amide bonds. The van der Waals surface area contributed by atoms with E-state index in [0.29, 0.717) is 11.5 Å². The van der Waals surface area contributed by atoms with Gasteiger partial charge in [0.05, 0.1) is 0 Å². The molecule has 0 radical (unpaired) electrons. The minimum absolute atomic E-state index is 0.565. The summed E-state index contributed by atoms with van der Waals surface area (Å²) in [5.74, 6) is 4.22. The van der Waals surface area contributed by atoms with E-state index in [0.717, 1.165) is 29.7 Å². The smallest absolute Gasteiger partial charge is 0.203 e. The Morgan fingerprint density at radius 2 is 1.76 bits per heavy atom. The summed E-state index contributed by atoms with van der Waals surface area (Å²) in [6, 6.07) is 1.30. The lowest BCUT2D eigenvalue weighted by Crippen LogP contribution is -2.53. The number of imidazole rings is 1. The van der Waals surface area contributed by atoms with Gasteiger partial charge in [-0.15, -0.1) is 0 Å². The van der Waals surface area contributed by atoms with Crippen LogP contribution in [-0.4, -0.2) is 15.6 Å². The zero-order valence-corrected chi connectivity index (χ0v) is 13.1. The average molecular weight is 285 g/mol. The van der Waals surface area contributed by atoms with E-state index in [9.17, 15) is 0 Å². The number of nitrogens with one attached hydrogen (secondary N) is 1. The van der Waals surface area contributed by atoms with Crippen molar-refractivity contribution in [1.82, 2.24) is 9.55 Å². The summed E-state index contributed by atoms with van der Waals surface area (Å²) >= 11 is 0. The number of aromatic nitrogens is 2. The summed E-state index contributed by atoms with van der Waals surface area (Å²) in [4.78, 5) is 4.60. The van der Waals surface area contributed by atoms with Crippen molar-refractivity contribution >= 4 is 5.95 Å². The van der Waals surface area contributed by atoms with Crippen LogP contribution in [0.15, 0.2) is 12.4 Å². The Bertz CT molecular complexity index is 507. The molecule has 0 saturated heterocycles. The maximum Gasteiger partial charge on any atom is 0.203 e. The van der Waals surface area contributed by atoms with Gasteiger partial charge in [-0.3, -0.25) is 0 Å². The summed E-state index contributed by atoms with van der Waals surface area (Å²) in [5, 5.41) is 3.82. The molecule has 0 aliphatic heterocycles. The van der Waals surface area contributed by atoms with Crippen molar-refractivity contribution in [3.63, 3.8) is 0 Å². The first-order chi connectivity index (χ1) is 10.2. The Morgan fingerprint density at radius 3 is 2.33 bits per heavy atom. The van der Waals surface area contributed by atoms with Crippen molar-refractivity contribution in [3.05, 3.63) is 12.4 Å². The number of hydrogen-bond acceptors (Lipinski definition) is 2. The molecule has 1 heterocycles. The van der Waals surface area contributed by atoms with Gasteiger partial charge in [-0.25, -0.2) is 4.98 Å². The van der Waals surface area contributed by atoms with E-state index in [4.69, 9.17) is 0 Å². The number of hydrogen-bond donors (Lipinski definition) is 1. The molecule has 1 aromatic rings. The van der Waals surface area contributed by atoms with Crippen LogP contribution in [0.1, 0.15) is 64.3 Å². The van der Waals surface area contributed by atoms with Crippen LogP contribution in [0, 0.1) is 23.2 Å². The molecule has 1 N–H and O–H groups in total. The maximum atomic E-state index is 4.60. The molecular formula is C18H27N3. The van der Waals surface area contributed by atoms with Crippen LogP contribution in [0.4, 0.5) is 5.95 Å². The molecular weight excluding hydrogens is 258 g/mol. The zero-order valence-electron chi connectivity index (χ0n) is 13.1. The third-order valence-electron chi connectivity index (χ3n) is 6.96. The number of rotatable bonds is 4. The molecule has 0 aromatic carbocycles. The van der Waals surface area contributed by atoms with E-state index in [-0.39, 0.29) is 0 Å². The van der Waals surface area contributed by atoms with Gasteiger partial charge in [0.25, 0.3) is 0 Å². The third kappa shape index (κ3) is 1.96. The second kappa shape index (κ2) is 4.27. The summed E-state index contributed by atoms with van der Waals surface area (Å²) in [6.07, 6.45) is 15.8. The predicted molar refractivity (Wildman–Crippen MR) is 84.2 cm³/mol. The molecule has 4 bridgehead atoms. The molecule has 5 fully saturated rings. The first-order valence-corrected chi connectivity index (χ1v) is 9.01. The van der Waals surface area contributed by atoms with Crippen LogP contribution < -0.4 is 5.32 Å². The van der Waals surface area contributed by atoms with Crippen LogP contribution in [0.3, 0.4) is 0 Å². The van der Waals surface area contributed by atoms with Crippen LogP contribution in [-0.2, 0) is 0 Å². The molecule has 5 saturated carbocycles. The summed E-state index contributed by atoms with van der Waals surface area (Å²) in [5.41, 5.74) is 0.565. The van der Waals surface area contributed by atoms with Gasteiger partial charge in [-0.1, -0.05) is 0 Å². The Morgan fingerprint density at radius 1 is 1.14 bits per heavy atom. The normalized spacial score (nSPS) is 42.2. The van der Waals surface area contributed by atoms with Gasteiger partial charge in [0.15, 0.2) is 0 Å². The fourth-order valence-electron chi connectivity index (χ4n) is 6.13. The Hall–Kier alpha value is -0.990. The molecule has 1 unspecified atom stereocenters. The summed E-state index contributed by atoms with van der Waals surface area (Å²) in [7, 11) is 0. The third-order valence-corrected chi connectivity index (χ3v) is 6.96. The summed E-state index contributed by atoms with van der Waals surface area (Å²) < 4.78 is 2.37. The van der Waals surface area contributed by atoms with E-state index >= 15 is 0 Å². The average Bonchev–Trinajstić information content (AvgIpc) is 3.18. The van der Waals surface area contributed by atoms with Gasteiger partial charge in [0.1, 0.15) is 0 Å². The highest BCUT2D eigenvalue weighted by Crippen LogP contribution is 2.61. The monoisotopic (exact) mass is 285 g/mol. The van der Waals surface area contributed by atoms with Crippen molar-refractivity contribution in [3.8, 4) is 0 Å². The molecule has 1 atom stereocenters. The van der Waals surface area contributed by atoms with E-state index in [2.05, 4.69) is 28.0 Å². The minimum Gasteiger partial charge on any atom is -0.353 e. The SMILES string of the molecule is CC(Nc1nccn1C1CC1)C12CC3CC(CC(C3)C1)C2. The second-order valence-electron chi connectivity index (χ2n) is 8.54. The first-order valence-electron chi connectivity index (χ1n) is 9.01. The van der Waals surface area contributed by atoms with Crippen LogP contribution in [0.5, 0.6) is 0 Å². The Labute approximate surface area is 127 Å². The van der Waals surface area contributed by atoms with Crippen molar-refractivity contribution in [2.45, 2.75) is 70.4 Å². The molecule has 114 valence electrons. The van der Waals surface area contributed by atoms with Gasteiger partial charge >= 0.3 is 0 Å². The lowest BCUT2D eigenvalue weighted by atomic mass is 9.48. The van der Waals surface area contributed by atoms with Gasteiger partial charge in [0.2, 0.25) is 5.95 Å². The van der Waals surface area contributed by atoms with Gasteiger partial charge in [-0.2, -0.15) is 0 Å². The fraction of sp³-hybridized carbons (Fsp3) is 0.833. The topological polar surface area (TPSA) is 29.9 Å². The van der Waals surface area contributed by atoms with Gasteiger partial charge < -0.3 is 9.88 Å².